The molecule has 0 saturated heterocycles. The number of esters is 2. The molecule has 0 radical (unpaired) electrons. The molecule has 0 aromatic heterocycles. The first-order valence-electron chi connectivity index (χ1n) is 4.46. The highest BCUT2D eigenvalue weighted by atomic mass is 16.5. The quantitative estimate of drug-likeness (QED) is 0.555. The van der Waals surface area contributed by atoms with E-state index in [2.05, 4.69) is 4.74 Å². The molecule has 0 spiro atoms. The van der Waals surface area contributed by atoms with Crippen LogP contribution in [0.4, 0.5) is 0 Å². The van der Waals surface area contributed by atoms with Crippen LogP contribution in [0.5, 0.6) is 5.75 Å². The number of rotatable bonds is 3. The van der Waals surface area contributed by atoms with Crippen LogP contribution in [0.1, 0.15) is 12.5 Å². The summed E-state index contributed by atoms with van der Waals surface area (Å²) in [5.41, 5.74) is 0.751. The zero-order chi connectivity index (χ0) is 11.3. The zero-order valence-electron chi connectivity index (χ0n) is 8.65. The molecule has 0 saturated carbocycles. The Kier molecular flexibility index (Phi) is 3.85. The average molecular weight is 208 g/mol. The van der Waals surface area contributed by atoms with Gasteiger partial charge < -0.3 is 9.47 Å². The van der Waals surface area contributed by atoms with E-state index in [0.717, 1.165) is 5.56 Å². The number of hydrogen-bond donors (Lipinski definition) is 0. The van der Waals surface area contributed by atoms with Crippen LogP contribution in [0.25, 0.3) is 0 Å². The molecule has 1 aromatic rings. The number of carbonyl (C=O) groups is 2. The van der Waals surface area contributed by atoms with Crippen LogP contribution < -0.4 is 4.74 Å². The molecule has 4 nitrogen and oxygen atoms in total. The SMILES string of the molecule is COC(=O)Cc1cccc(OC(C)=O)c1. The number of benzene rings is 1. The van der Waals surface area contributed by atoms with Gasteiger partial charge in [-0.3, -0.25) is 9.59 Å². The lowest BCUT2D eigenvalue weighted by Crippen LogP contribution is -2.05. The summed E-state index contributed by atoms with van der Waals surface area (Å²) in [5.74, 6) is -0.274. The van der Waals surface area contributed by atoms with E-state index in [-0.39, 0.29) is 18.4 Å². The Bertz CT molecular complexity index is 371. The zero-order valence-corrected chi connectivity index (χ0v) is 8.65. The molecule has 0 N–H and O–H groups in total. The van der Waals surface area contributed by atoms with Crippen molar-refractivity contribution in [2.45, 2.75) is 13.3 Å². The van der Waals surface area contributed by atoms with Crippen LogP contribution in [0.3, 0.4) is 0 Å². The van der Waals surface area contributed by atoms with Gasteiger partial charge in [-0.25, -0.2) is 0 Å². The first-order chi connectivity index (χ1) is 7.11. The highest BCUT2D eigenvalue weighted by Crippen LogP contribution is 2.14. The van der Waals surface area contributed by atoms with Gasteiger partial charge in [-0.05, 0) is 17.7 Å². The van der Waals surface area contributed by atoms with Crippen molar-refractivity contribution in [1.82, 2.24) is 0 Å². The van der Waals surface area contributed by atoms with E-state index in [4.69, 9.17) is 4.74 Å². The third-order valence-electron chi connectivity index (χ3n) is 1.74. The topological polar surface area (TPSA) is 52.6 Å². The average Bonchev–Trinajstić information content (AvgIpc) is 2.17. The molecule has 0 aliphatic heterocycles. The van der Waals surface area contributed by atoms with Crippen LogP contribution in [-0.2, 0) is 20.7 Å². The fraction of sp³-hybridized carbons (Fsp3) is 0.273. The van der Waals surface area contributed by atoms with Gasteiger partial charge in [0.05, 0.1) is 13.5 Å². The number of methoxy groups -OCH3 is 1. The van der Waals surface area contributed by atoms with Gasteiger partial charge in [-0.1, -0.05) is 12.1 Å². The fourth-order valence-corrected chi connectivity index (χ4v) is 1.12. The molecule has 15 heavy (non-hydrogen) atoms. The molecule has 0 aliphatic rings. The van der Waals surface area contributed by atoms with E-state index in [9.17, 15) is 9.59 Å². The molecular formula is C11H12O4. The van der Waals surface area contributed by atoms with Crippen LogP contribution in [0.15, 0.2) is 24.3 Å². The highest BCUT2D eigenvalue weighted by molar-refractivity contribution is 5.73. The Morgan fingerprint density at radius 3 is 2.67 bits per heavy atom. The fourth-order valence-electron chi connectivity index (χ4n) is 1.12. The number of ether oxygens (including phenoxy) is 2. The molecule has 80 valence electrons. The Balaban J connectivity index is 2.74. The molecule has 0 amide bonds. The lowest BCUT2D eigenvalue weighted by atomic mass is 10.1. The minimum atomic E-state index is -0.384. The van der Waals surface area contributed by atoms with Gasteiger partial charge in [-0.15, -0.1) is 0 Å². The monoisotopic (exact) mass is 208 g/mol. The van der Waals surface area contributed by atoms with Crippen LogP contribution in [0.2, 0.25) is 0 Å². The second kappa shape index (κ2) is 5.14. The van der Waals surface area contributed by atoms with Gasteiger partial charge in [-0.2, -0.15) is 0 Å². The molecule has 1 aromatic carbocycles. The van der Waals surface area contributed by atoms with Gasteiger partial charge in [0.2, 0.25) is 0 Å². The molecule has 0 unspecified atom stereocenters. The van der Waals surface area contributed by atoms with E-state index in [1.807, 2.05) is 0 Å². The lowest BCUT2D eigenvalue weighted by Gasteiger charge is -2.03. The minimum absolute atomic E-state index is 0.172. The van der Waals surface area contributed by atoms with Crippen LogP contribution >= 0.6 is 0 Å². The van der Waals surface area contributed by atoms with Crippen molar-refractivity contribution in [1.29, 1.82) is 0 Å². The van der Waals surface area contributed by atoms with Crippen molar-refractivity contribution in [2.24, 2.45) is 0 Å². The van der Waals surface area contributed by atoms with Gasteiger partial charge in [0.15, 0.2) is 0 Å². The van der Waals surface area contributed by atoms with E-state index >= 15 is 0 Å². The summed E-state index contributed by atoms with van der Waals surface area (Å²) in [7, 11) is 1.33. The summed E-state index contributed by atoms with van der Waals surface area (Å²) in [4.78, 5) is 21.7. The van der Waals surface area contributed by atoms with E-state index in [0.29, 0.717) is 5.75 Å². The maximum atomic E-state index is 11.0. The molecule has 0 fully saturated rings. The van der Waals surface area contributed by atoms with Gasteiger partial charge in [0.1, 0.15) is 5.75 Å². The maximum Gasteiger partial charge on any atom is 0.309 e. The largest absolute Gasteiger partial charge is 0.469 e. The molecule has 0 atom stereocenters. The molecule has 1 rings (SSSR count). The van der Waals surface area contributed by atoms with Crippen LogP contribution in [0, 0.1) is 0 Å². The van der Waals surface area contributed by atoms with Crippen molar-refractivity contribution < 1.29 is 19.1 Å². The second-order valence-electron chi connectivity index (χ2n) is 2.99. The first kappa shape index (κ1) is 11.2. The van der Waals surface area contributed by atoms with Crippen molar-refractivity contribution in [3.63, 3.8) is 0 Å². The van der Waals surface area contributed by atoms with Gasteiger partial charge in [0.25, 0.3) is 0 Å². The number of hydrogen-bond acceptors (Lipinski definition) is 4. The molecular weight excluding hydrogens is 196 g/mol. The van der Waals surface area contributed by atoms with E-state index in [1.54, 1.807) is 24.3 Å². The molecule has 0 bridgehead atoms. The summed E-state index contributed by atoms with van der Waals surface area (Å²) in [6.07, 6.45) is 0.172. The Morgan fingerprint density at radius 2 is 2.07 bits per heavy atom. The molecule has 4 heteroatoms. The normalized spacial score (nSPS) is 9.47. The van der Waals surface area contributed by atoms with Crippen molar-refractivity contribution in [3.05, 3.63) is 29.8 Å². The smallest absolute Gasteiger partial charge is 0.309 e. The van der Waals surface area contributed by atoms with Crippen molar-refractivity contribution >= 4 is 11.9 Å². The van der Waals surface area contributed by atoms with Crippen molar-refractivity contribution in [3.8, 4) is 5.75 Å². The summed E-state index contributed by atoms with van der Waals surface area (Å²) in [5, 5.41) is 0. The first-order valence-corrected chi connectivity index (χ1v) is 4.46. The summed E-state index contributed by atoms with van der Waals surface area (Å²) in [6, 6.07) is 6.78. The van der Waals surface area contributed by atoms with Gasteiger partial charge >= 0.3 is 11.9 Å². The lowest BCUT2D eigenvalue weighted by molar-refractivity contribution is -0.139. The standard InChI is InChI=1S/C11H12O4/c1-8(12)15-10-5-3-4-9(6-10)7-11(13)14-2/h3-6H,7H2,1-2H3. The van der Waals surface area contributed by atoms with E-state index < -0.39 is 0 Å². The Hall–Kier alpha value is -1.84. The van der Waals surface area contributed by atoms with Crippen LogP contribution in [-0.4, -0.2) is 19.0 Å². The summed E-state index contributed by atoms with van der Waals surface area (Å²) < 4.78 is 9.41. The predicted octanol–water partition coefficient (Wildman–Crippen LogP) is 1.33. The molecule has 0 aliphatic carbocycles. The predicted molar refractivity (Wildman–Crippen MR) is 53.5 cm³/mol. The maximum absolute atomic E-state index is 11.0. The Morgan fingerprint density at radius 1 is 1.33 bits per heavy atom. The summed E-state index contributed by atoms with van der Waals surface area (Å²) in [6.45, 7) is 1.33. The molecule has 0 heterocycles. The van der Waals surface area contributed by atoms with Gasteiger partial charge in [0, 0.05) is 6.92 Å². The summed E-state index contributed by atoms with van der Waals surface area (Å²) >= 11 is 0. The van der Waals surface area contributed by atoms with E-state index in [1.165, 1.54) is 14.0 Å². The third kappa shape index (κ3) is 3.81. The second-order valence-corrected chi connectivity index (χ2v) is 2.99. The third-order valence-corrected chi connectivity index (χ3v) is 1.74. The number of carbonyl (C=O) groups excluding carboxylic acids is 2. The Labute approximate surface area is 87.8 Å². The highest BCUT2D eigenvalue weighted by Gasteiger charge is 2.04. The minimum Gasteiger partial charge on any atom is -0.469 e. The van der Waals surface area contributed by atoms with Crippen molar-refractivity contribution in [2.75, 3.05) is 7.11 Å².